The Kier molecular flexibility index (Phi) is 6.01. The van der Waals surface area contributed by atoms with Crippen LogP contribution >= 0.6 is 11.6 Å². The molecular weight excluding hydrogens is 372 g/mol. The van der Waals surface area contributed by atoms with Gasteiger partial charge in [-0.15, -0.1) is 0 Å². The maximum atomic E-state index is 12.9. The van der Waals surface area contributed by atoms with Crippen LogP contribution in [0.25, 0.3) is 0 Å². The molecule has 5 heteroatoms. The van der Waals surface area contributed by atoms with E-state index in [4.69, 9.17) is 11.6 Å². The van der Waals surface area contributed by atoms with Gasteiger partial charge < -0.3 is 15.3 Å². The molecule has 0 bridgehead atoms. The van der Waals surface area contributed by atoms with E-state index in [1.54, 1.807) is 12.1 Å². The van der Waals surface area contributed by atoms with Gasteiger partial charge in [0, 0.05) is 23.0 Å². The van der Waals surface area contributed by atoms with Gasteiger partial charge in [0.1, 0.15) is 5.75 Å². The number of hydrogen-bond acceptors (Lipinski definition) is 3. The van der Waals surface area contributed by atoms with Gasteiger partial charge in [-0.25, -0.2) is 0 Å². The van der Waals surface area contributed by atoms with Crippen molar-refractivity contribution in [2.45, 2.75) is 31.7 Å². The highest BCUT2D eigenvalue weighted by Crippen LogP contribution is 2.59. The van der Waals surface area contributed by atoms with Gasteiger partial charge in [0.05, 0.1) is 5.92 Å². The standard InChI is InChI=1S/C23H29ClN2O2/c1-15-21(23(15,2)17-8-6-5-7-9-17)22(28)25-14-18(26(3)4)12-16-10-11-19(27)13-20(16)24/h5-11,13,15,18,21,27H,12,14H2,1-4H3,(H,25,28)/t15?,18-,21?,23+/m0/s1. The number of halogens is 1. The maximum Gasteiger partial charge on any atom is 0.224 e. The molecule has 0 heterocycles. The van der Waals surface area contributed by atoms with Gasteiger partial charge in [-0.3, -0.25) is 4.79 Å². The molecule has 1 aliphatic rings. The molecule has 3 rings (SSSR count). The molecule has 4 nitrogen and oxygen atoms in total. The lowest BCUT2D eigenvalue weighted by atomic mass is 9.94. The van der Waals surface area contributed by atoms with E-state index in [1.165, 1.54) is 5.56 Å². The number of rotatable bonds is 7. The normalized spacial score (nSPS) is 24.8. The summed E-state index contributed by atoms with van der Waals surface area (Å²) in [5.41, 5.74) is 2.09. The molecule has 1 amide bonds. The Bertz CT molecular complexity index is 840. The molecule has 0 spiro atoms. The summed E-state index contributed by atoms with van der Waals surface area (Å²) in [6.07, 6.45) is 0.697. The van der Waals surface area contributed by atoms with Gasteiger partial charge in [0.15, 0.2) is 0 Å². The second-order valence-electron chi connectivity index (χ2n) is 8.26. The molecule has 0 saturated heterocycles. The van der Waals surface area contributed by atoms with Crippen molar-refractivity contribution in [3.8, 4) is 5.75 Å². The summed E-state index contributed by atoms with van der Waals surface area (Å²) in [5, 5.41) is 13.2. The number of hydrogen-bond donors (Lipinski definition) is 2. The largest absolute Gasteiger partial charge is 0.508 e. The summed E-state index contributed by atoms with van der Waals surface area (Å²) in [6, 6.07) is 15.4. The second kappa shape index (κ2) is 8.14. The number of phenolic OH excluding ortho intramolecular Hbond substituents is 1. The van der Waals surface area contributed by atoms with Gasteiger partial charge in [0.2, 0.25) is 5.91 Å². The Morgan fingerprint density at radius 3 is 2.54 bits per heavy atom. The molecule has 0 aromatic heterocycles. The lowest BCUT2D eigenvalue weighted by Gasteiger charge is -2.25. The molecule has 1 aliphatic carbocycles. The van der Waals surface area contributed by atoms with Gasteiger partial charge in [-0.2, -0.15) is 0 Å². The van der Waals surface area contributed by atoms with Crippen LogP contribution in [0.3, 0.4) is 0 Å². The SMILES string of the molecule is CC1C(C(=O)NC[C@H](Cc2ccc(O)cc2Cl)N(C)C)[C@@]1(C)c1ccccc1. The van der Waals surface area contributed by atoms with Crippen LogP contribution in [0.4, 0.5) is 0 Å². The minimum atomic E-state index is -0.0980. The van der Waals surface area contributed by atoms with Crippen molar-refractivity contribution in [3.05, 3.63) is 64.7 Å². The van der Waals surface area contributed by atoms with Crippen LogP contribution in [0, 0.1) is 11.8 Å². The summed E-state index contributed by atoms with van der Waals surface area (Å²) in [4.78, 5) is 15.0. The molecule has 4 atom stereocenters. The molecule has 2 aromatic carbocycles. The summed E-state index contributed by atoms with van der Waals surface area (Å²) in [6.45, 7) is 4.88. The first-order valence-corrected chi connectivity index (χ1v) is 10.1. The zero-order valence-corrected chi connectivity index (χ0v) is 17.7. The first kappa shape index (κ1) is 20.7. The second-order valence-corrected chi connectivity index (χ2v) is 8.66. The van der Waals surface area contributed by atoms with Crippen LogP contribution in [0.15, 0.2) is 48.5 Å². The van der Waals surface area contributed by atoms with E-state index in [9.17, 15) is 9.90 Å². The van der Waals surface area contributed by atoms with Gasteiger partial charge in [-0.05, 0) is 49.7 Å². The Labute approximate surface area is 172 Å². The van der Waals surface area contributed by atoms with E-state index >= 15 is 0 Å². The number of amides is 1. The Morgan fingerprint density at radius 1 is 1.25 bits per heavy atom. The van der Waals surface area contributed by atoms with Crippen molar-refractivity contribution in [3.63, 3.8) is 0 Å². The van der Waals surface area contributed by atoms with E-state index in [2.05, 4.69) is 36.2 Å². The molecule has 1 saturated carbocycles. The highest BCUT2D eigenvalue weighted by molar-refractivity contribution is 6.31. The lowest BCUT2D eigenvalue weighted by molar-refractivity contribution is -0.123. The minimum Gasteiger partial charge on any atom is -0.508 e. The molecule has 2 unspecified atom stereocenters. The van der Waals surface area contributed by atoms with Crippen molar-refractivity contribution < 1.29 is 9.90 Å². The highest BCUT2D eigenvalue weighted by Gasteiger charge is 2.62. The fourth-order valence-electron chi connectivity index (χ4n) is 4.19. The van der Waals surface area contributed by atoms with E-state index in [1.807, 2.05) is 38.4 Å². The van der Waals surface area contributed by atoms with Crippen molar-refractivity contribution in [1.29, 1.82) is 0 Å². The third-order valence-electron chi connectivity index (χ3n) is 6.40. The molecule has 1 fully saturated rings. The van der Waals surface area contributed by atoms with Crippen LogP contribution in [-0.2, 0) is 16.6 Å². The van der Waals surface area contributed by atoms with Crippen LogP contribution in [0.2, 0.25) is 5.02 Å². The third-order valence-corrected chi connectivity index (χ3v) is 6.75. The van der Waals surface area contributed by atoms with E-state index in [0.29, 0.717) is 23.9 Å². The third kappa shape index (κ3) is 4.03. The minimum absolute atomic E-state index is 0.00466. The van der Waals surface area contributed by atoms with Crippen LogP contribution in [0.1, 0.15) is 25.0 Å². The van der Waals surface area contributed by atoms with E-state index in [0.717, 1.165) is 5.56 Å². The highest BCUT2D eigenvalue weighted by atomic mass is 35.5. The average Bonchev–Trinajstić information content (AvgIpc) is 3.22. The zero-order valence-electron chi connectivity index (χ0n) is 16.9. The lowest BCUT2D eigenvalue weighted by Crippen LogP contribution is -2.42. The number of carbonyl (C=O) groups excluding carboxylic acids is 1. The van der Waals surface area contributed by atoms with Crippen LogP contribution < -0.4 is 5.32 Å². The molecule has 2 aromatic rings. The smallest absolute Gasteiger partial charge is 0.224 e. The van der Waals surface area contributed by atoms with Gasteiger partial charge >= 0.3 is 0 Å². The quantitative estimate of drug-likeness (QED) is 0.742. The number of benzene rings is 2. The van der Waals surface area contributed by atoms with Crippen molar-refractivity contribution in [1.82, 2.24) is 10.2 Å². The Balaban J connectivity index is 1.63. The molecule has 0 aliphatic heterocycles. The Hall–Kier alpha value is -2.04. The summed E-state index contributed by atoms with van der Waals surface area (Å²) >= 11 is 6.26. The molecule has 28 heavy (non-hydrogen) atoms. The number of aromatic hydroxyl groups is 1. The Morgan fingerprint density at radius 2 is 1.93 bits per heavy atom. The molecule has 150 valence electrons. The summed E-state index contributed by atoms with van der Waals surface area (Å²) < 4.78 is 0. The summed E-state index contributed by atoms with van der Waals surface area (Å²) in [5.74, 6) is 0.586. The van der Waals surface area contributed by atoms with Crippen molar-refractivity contribution in [2.24, 2.45) is 11.8 Å². The molecule has 0 radical (unpaired) electrons. The number of likely N-dealkylation sites (N-methyl/N-ethyl adjacent to an activating group) is 1. The fourth-order valence-corrected chi connectivity index (χ4v) is 4.44. The number of phenols is 1. The van der Waals surface area contributed by atoms with Gasteiger partial charge in [0.25, 0.3) is 0 Å². The molecule has 2 N–H and O–H groups in total. The average molecular weight is 401 g/mol. The predicted molar refractivity (Wildman–Crippen MR) is 114 cm³/mol. The monoisotopic (exact) mass is 400 g/mol. The zero-order chi connectivity index (χ0) is 20.5. The molecular formula is C23H29ClN2O2. The summed E-state index contributed by atoms with van der Waals surface area (Å²) in [7, 11) is 4.00. The van der Waals surface area contributed by atoms with Crippen LogP contribution in [-0.4, -0.2) is 42.6 Å². The number of carbonyl (C=O) groups is 1. The topological polar surface area (TPSA) is 52.6 Å². The van der Waals surface area contributed by atoms with Gasteiger partial charge in [-0.1, -0.05) is 61.8 Å². The predicted octanol–water partition coefficient (Wildman–Crippen LogP) is 3.86. The first-order chi connectivity index (χ1) is 13.2. The number of nitrogens with one attached hydrogen (secondary N) is 1. The maximum absolute atomic E-state index is 12.9. The fraction of sp³-hybridized carbons (Fsp3) is 0.435. The first-order valence-electron chi connectivity index (χ1n) is 9.72. The van der Waals surface area contributed by atoms with E-state index in [-0.39, 0.29) is 29.0 Å². The van der Waals surface area contributed by atoms with Crippen LogP contribution in [0.5, 0.6) is 5.75 Å². The van der Waals surface area contributed by atoms with E-state index < -0.39 is 0 Å². The number of nitrogens with zero attached hydrogens (tertiary/aromatic N) is 1. The van der Waals surface area contributed by atoms with Crippen molar-refractivity contribution >= 4 is 17.5 Å². The van der Waals surface area contributed by atoms with Crippen molar-refractivity contribution in [2.75, 3.05) is 20.6 Å².